The second-order valence-corrected chi connectivity index (χ2v) is 15.5. The number of carbonyl (C=O) groups excluding carboxylic acids is 4. The van der Waals surface area contributed by atoms with Gasteiger partial charge in [0.1, 0.15) is 29.3 Å². The Hall–Kier alpha value is -3.53. The summed E-state index contributed by atoms with van der Waals surface area (Å²) < 4.78 is 11.3. The fraction of sp³-hybridized carbons (Fsp3) is 0.590. The van der Waals surface area contributed by atoms with Crippen LogP contribution < -0.4 is 10.6 Å². The summed E-state index contributed by atoms with van der Waals surface area (Å²) in [6.07, 6.45) is 6.50. The predicted octanol–water partition coefficient (Wildman–Crippen LogP) is 7.55. The molecule has 3 unspecified atom stereocenters. The topological polar surface area (TPSA) is 114 Å². The number of aryl methyl sites for hydroxylation is 1. The Bertz CT molecular complexity index is 1320. The molecule has 3 amide bonds. The van der Waals surface area contributed by atoms with Gasteiger partial charge in [0.15, 0.2) is 0 Å². The summed E-state index contributed by atoms with van der Waals surface area (Å²) in [4.78, 5) is 57.3. The molecule has 2 aromatic carbocycles. The van der Waals surface area contributed by atoms with E-state index in [-0.39, 0.29) is 18.9 Å². The number of nitrogens with zero attached hydrogens (tertiary/aromatic N) is 1. The molecule has 0 aromatic heterocycles. The lowest BCUT2D eigenvalue weighted by atomic mass is 9.99. The van der Waals surface area contributed by atoms with Crippen LogP contribution in [0.15, 0.2) is 54.6 Å². The first-order chi connectivity index (χ1) is 23.0. The van der Waals surface area contributed by atoms with E-state index < -0.39 is 47.3 Å². The highest BCUT2D eigenvalue weighted by Crippen LogP contribution is 2.26. The third-order valence-corrected chi connectivity index (χ3v) is 8.27. The van der Waals surface area contributed by atoms with Gasteiger partial charge in [0, 0.05) is 13.0 Å². The van der Waals surface area contributed by atoms with Crippen LogP contribution in [0.4, 0.5) is 4.79 Å². The lowest BCUT2D eigenvalue weighted by Gasteiger charge is -2.35. The number of amides is 3. The standard InChI is InChI=1S/C39H59N3O6S/c1-10-11-12-13-17-25-42(35(44)31(24-26-49-9)41-37(46)48-39(6,7)8)33(30-22-20-28(2)21-23-30)34(43)40-32(36(45)47-38(3,4)5)27-29-18-15-14-16-19-29/h14-16,18-23,31-33H,10-13,17,24-27H2,1-9H3,(H,40,43)(H,41,46). The van der Waals surface area contributed by atoms with E-state index in [1.807, 2.05) is 67.8 Å². The molecule has 3 atom stereocenters. The van der Waals surface area contributed by atoms with Gasteiger partial charge in [-0.3, -0.25) is 9.59 Å². The molecule has 0 bridgehead atoms. The van der Waals surface area contributed by atoms with Crippen LogP contribution >= 0.6 is 11.8 Å². The van der Waals surface area contributed by atoms with Crippen LogP contribution in [0.2, 0.25) is 0 Å². The van der Waals surface area contributed by atoms with Crippen molar-refractivity contribution in [3.8, 4) is 0 Å². The van der Waals surface area contributed by atoms with E-state index in [0.29, 0.717) is 24.2 Å². The normalized spacial score (nSPS) is 13.5. The summed E-state index contributed by atoms with van der Waals surface area (Å²) in [5.74, 6) is -0.837. The minimum atomic E-state index is -1.07. The minimum absolute atomic E-state index is 0.212. The van der Waals surface area contributed by atoms with Crippen LogP contribution in [0.25, 0.3) is 0 Å². The van der Waals surface area contributed by atoms with Gasteiger partial charge >= 0.3 is 12.1 Å². The van der Waals surface area contributed by atoms with Crippen LogP contribution in [0.5, 0.6) is 0 Å². The molecule has 9 nitrogen and oxygen atoms in total. The van der Waals surface area contributed by atoms with E-state index >= 15 is 0 Å². The van der Waals surface area contributed by atoms with Crippen LogP contribution in [0, 0.1) is 6.92 Å². The van der Waals surface area contributed by atoms with E-state index in [1.54, 1.807) is 58.2 Å². The van der Waals surface area contributed by atoms with Gasteiger partial charge in [-0.1, -0.05) is 92.8 Å². The molecule has 2 rings (SSSR count). The van der Waals surface area contributed by atoms with Gasteiger partial charge in [0.25, 0.3) is 0 Å². The molecule has 0 aliphatic carbocycles. The zero-order chi connectivity index (χ0) is 36.6. The van der Waals surface area contributed by atoms with E-state index in [9.17, 15) is 19.2 Å². The first-order valence-corrected chi connectivity index (χ1v) is 18.9. The summed E-state index contributed by atoms with van der Waals surface area (Å²) >= 11 is 1.56. The van der Waals surface area contributed by atoms with Crippen molar-refractivity contribution < 1.29 is 28.7 Å². The number of esters is 1. The highest BCUT2D eigenvalue weighted by atomic mass is 32.2. The Morgan fingerprint density at radius 1 is 0.796 bits per heavy atom. The van der Waals surface area contributed by atoms with Crippen LogP contribution in [-0.2, 0) is 30.3 Å². The number of ether oxygens (including phenoxy) is 2. The smallest absolute Gasteiger partial charge is 0.408 e. The maximum absolute atomic E-state index is 14.6. The molecule has 0 heterocycles. The molecule has 0 aliphatic rings. The monoisotopic (exact) mass is 697 g/mol. The number of carbonyl (C=O) groups is 4. The summed E-state index contributed by atoms with van der Waals surface area (Å²) in [5, 5.41) is 5.78. The molecule has 2 N–H and O–H groups in total. The number of benzene rings is 2. The zero-order valence-electron chi connectivity index (χ0n) is 31.1. The second-order valence-electron chi connectivity index (χ2n) is 14.5. The molecule has 0 fully saturated rings. The van der Waals surface area contributed by atoms with Crippen molar-refractivity contribution in [2.45, 2.75) is 130 Å². The van der Waals surface area contributed by atoms with Gasteiger partial charge in [-0.2, -0.15) is 11.8 Å². The molecule has 10 heteroatoms. The molecular formula is C39H59N3O6S. The van der Waals surface area contributed by atoms with Crippen molar-refractivity contribution in [1.82, 2.24) is 15.5 Å². The molecule has 0 radical (unpaired) electrons. The number of nitrogens with one attached hydrogen (secondary N) is 2. The molecular weight excluding hydrogens is 639 g/mol. The van der Waals surface area contributed by atoms with Crippen molar-refractivity contribution in [3.05, 3.63) is 71.3 Å². The summed E-state index contributed by atoms with van der Waals surface area (Å²) in [6, 6.07) is 13.9. The minimum Gasteiger partial charge on any atom is -0.458 e. The van der Waals surface area contributed by atoms with Crippen molar-refractivity contribution in [2.75, 3.05) is 18.6 Å². The predicted molar refractivity (Wildman–Crippen MR) is 198 cm³/mol. The number of thioether (sulfide) groups is 1. The molecule has 0 saturated carbocycles. The Morgan fingerprint density at radius 3 is 1.98 bits per heavy atom. The highest BCUT2D eigenvalue weighted by Gasteiger charge is 2.38. The average molecular weight is 698 g/mol. The van der Waals surface area contributed by atoms with Crippen molar-refractivity contribution in [3.63, 3.8) is 0 Å². The van der Waals surface area contributed by atoms with Crippen molar-refractivity contribution >= 4 is 35.6 Å². The quantitative estimate of drug-likeness (QED) is 0.122. The largest absolute Gasteiger partial charge is 0.458 e. The van der Waals surface area contributed by atoms with Gasteiger partial charge < -0.3 is 25.0 Å². The van der Waals surface area contributed by atoms with Gasteiger partial charge in [-0.15, -0.1) is 0 Å². The molecule has 2 aromatic rings. The fourth-order valence-corrected chi connectivity index (χ4v) is 5.75. The average Bonchev–Trinajstić information content (AvgIpc) is 3.01. The number of rotatable bonds is 18. The molecule has 0 spiro atoms. The van der Waals surface area contributed by atoms with Gasteiger partial charge in [-0.05, 0) is 84.4 Å². The Morgan fingerprint density at radius 2 is 1.41 bits per heavy atom. The molecule has 49 heavy (non-hydrogen) atoms. The van der Waals surface area contributed by atoms with Gasteiger partial charge in [0.2, 0.25) is 11.8 Å². The number of hydrogen-bond acceptors (Lipinski definition) is 7. The van der Waals surface area contributed by atoms with Crippen LogP contribution in [0.3, 0.4) is 0 Å². The van der Waals surface area contributed by atoms with E-state index in [0.717, 1.165) is 36.8 Å². The number of alkyl carbamates (subject to hydrolysis) is 1. The van der Waals surface area contributed by atoms with Crippen molar-refractivity contribution in [2.24, 2.45) is 0 Å². The maximum atomic E-state index is 14.6. The molecule has 0 saturated heterocycles. The zero-order valence-corrected chi connectivity index (χ0v) is 31.9. The SMILES string of the molecule is CCCCCCCN(C(=O)C(CCSC)NC(=O)OC(C)(C)C)C(C(=O)NC(Cc1ccccc1)C(=O)OC(C)(C)C)c1ccc(C)cc1. The first kappa shape index (κ1) is 41.6. The maximum Gasteiger partial charge on any atom is 0.408 e. The highest BCUT2D eigenvalue weighted by molar-refractivity contribution is 7.98. The Balaban J connectivity index is 2.61. The second kappa shape index (κ2) is 20.2. The Labute approximate surface area is 298 Å². The van der Waals surface area contributed by atoms with E-state index in [4.69, 9.17) is 9.47 Å². The van der Waals surface area contributed by atoms with Crippen molar-refractivity contribution in [1.29, 1.82) is 0 Å². The molecule has 272 valence electrons. The lowest BCUT2D eigenvalue weighted by Crippen LogP contribution is -2.55. The van der Waals surface area contributed by atoms with E-state index in [2.05, 4.69) is 17.6 Å². The van der Waals surface area contributed by atoms with Crippen LogP contribution in [0.1, 0.15) is 110 Å². The third-order valence-electron chi connectivity index (χ3n) is 7.63. The number of unbranched alkanes of at least 4 members (excludes halogenated alkanes) is 4. The molecule has 0 aliphatic heterocycles. The third kappa shape index (κ3) is 15.7. The summed E-state index contributed by atoms with van der Waals surface area (Å²) in [6.45, 7) is 15.0. The van der Waals surface area contributed by atoms with Gasteiger partial charge in [-0.25, -0.2) is 9.59 Å². The van der Waals surface area contributed by atoms with E-state index in [1.165, 1.54) is 0 Å². The number of hydrogen-bond donors (Lipinski definition) is 2. The lowest BCUT2D eigenvalue weighted by molar-refractivity contribution is -0.159. The van der Waals surface area contributed by atoms with Crippen LogP contribution in [-0.4, -0.2) is 70.6 Å². The first-order valence-electron chi connectivity index (χ1n) is 17.5. The Kier molecular flexibility index (Phi) is 17.2. The fourth-order valence-electron chi connectivity index (χ4n) is 5.28. The summed E-state index contributed by atoms with van der Waals surface area (Å²) in [5.41, 5.74) is 0.934. The summed E-state index contributed by atoms with van der Waals surface area (Å²) in [7, 11) is 0. The van der Waals surface area contributed by atoms with Gasteiger partial charge in [0.05, 0.1) is 0 Å².